The molecule has 0 amide bonds. The second-order valence-electron chi connectivity index (χ2n) is 7.64. The van der Waals surface area contributed by atoms with Crippen LogP contribution in [-0.4, -0.2) is 35.7 Å². The zero-order chi connectivity index (χ0) is 16.5. The Bertz CT molecular complexity index is 500. The quantitative estimate of drug-likeness (QED) is 0.894. The second kappa shape index (κ2) is 6.48. The van der Waals surface area contributed by atoms with E-state index < -0.39 is 5.60 Å². The number of likely N-dealkylation sites (tertiary alicyclic amines) is 1. The minimum absolute atomic E-state index is 0.178. The van der Waals surface area contributed by atoms with Crippen LogP contribution >= 0.6 is 11.6 Å². The standard InChI is InChI=1S/C18H29ClN2O/c1-13(2)16(20)11-21-10-9-18(22,17(3,4)12-21)14-5-7-15(19)8-6-14/h5-8,13,16,22H,9-12,20H2,1-4H3/t16-,18-/m0/s1. The normalized spacial score (nSPS) is 27.1. The van der Waals surface area contributed by atoms with Gasteiger partial charge in [-0.1, -0.05) is 51.4 Å². The zero-order valence-corrected chi connectivity index (χ0v) is 14.9. The molecule has 3 nitrogen and oxygen atoms in total. The molecular weight excluding hydrogens is 296 g/mol. The lowest BCUT2D eigenvalue weighted by molar-refractivity contribution is -0.126. The van der Waals surface area contributed by atoms with E-state index >= 15 is 0 Å². The molecule has 0 bridgehead atoms. The summed E-state index contributed by atoms with van der Waals surface area (Å²) in [5.74, 6) is 0.472. The van der Waals surface area contributed by atoms with Crippen molar-refractivity contribution in [3.8, 4) is 0 Å². The molecule has 22 heavy (non-hydrogen) atoms. The third-order valence-corrected chi connectivity index (χ3v) is 5.43. The average Bonchev–Trinajstić information content (AvgIpc) is 2.43. The van der Waals surface area contributed by atoms with E-state index in [-0.39, 0.29) is 11.5 Å². The largest absolute Gasteiger partial charge is 0.385 e. The molecule has 2 atom stereocenters. The highest BCUT2D eigenvalue weighted by molar-refractivity contribution is 6.30. The van der Waals surface area contributed by atoms with Crippen molar-refractivity contribution in [2.75, 3.05) is 19.6 Å². The van der Waals surface area contributed by atoms with Gasteiger partial charge < -0.3 is 15.7 Å². The minimum atomic E-state index is -0.823. The minimum Gasteiger partial charge on any atom is -0.385 e. The van der Waals surface area contributed by atoms with E-state index in [4.69, 9.17) is 17.3 Å². The van der Waals surface area contributed by atoms with Crippen LogP contribution in [0.15, 0.2) is 24.3 Å². The van der Waals surface area contributed by atoms with Crippen molar-refractivity contribution in [1.29, 1.82) is 0 Å². The van der Waals surface area contributed by atoms with Crippen LogP contribution in [0.25, 0.3) is 0 Å². The summed E-state index contributed by atoms with van der Waals surface area (Å²) in [5.41, 5.74) is 6.10. The predicted molar refractivity (Wildman–Crippen MR) is 93.0 cm³/mol. The van der Waals surface area contributed by atoms with Crippen molar-refractivity contribution in [2.24, 2.45) is 17.1 Å². The first-order chi connectivity index (χ1) is 10.2. The van der Waals surface area contributed by atoms with E-state index in [2.05, 4.69) is 32.6 Å². The SMILES string of the molecule is CC(C)[C@@H](N)CN1CC[C@](O)(c2ccc(Cl)cc2)C(C)(C)C1. The van der Waals surface area contributed by atoms with Crippen molar-refractivity contribution in [3.05, 3.63) is 34.9 Å². The van der Waals surface area contributed by atoms with Gasteiger partial charge in [-0.2, -0.15) is 0 Å². The number of benzene rings is 1. The zero-order valence-electron chi connectivity index (χ0n) is 14.1. The van der Waals surface area contributed by atoms with Crippen LogP contribution in [0.3, 0.4) is 0 Å². The first-order valence-electron chi connectivity index (χ1n) is 8.12. The van der Waals surface area contributed by atoms with Gasteiger partial charge in [-0.25, -0.2) is 0 Å². The highest BCUT2D eigenvalue weighted by Gasteiger charge is 2.48. The van der Waals surface area contributed by atoms with Crippen LogP contribution in [0.5, 0.6) is 0 Å². The maximum atomic E-state index is 11.3. The Morgan fingerprint density at radius 3 is 2.36 bits per heavy atom. The molecule has 2 rings (SSSR count). The van der Waals surface area contributed by atoms with Crippen molar-refractivity contribution >= 4 is 11.6 Å². The van der Waals surface area contributed by atoms with Gasteiger partial charge >= 0.3 is 0 Å². The number of piperidine rings is 1. The monoisotopic (exact) mass is 324 g/mol. The Balaban J connectivity index is 2.15. The molecule has 4 heteroatoms. The van der Waals surface area contributed by atoms with Crippen LogP contribution in [-0.2, 0) is 5.60 Å². The summed E-state index contributed by atoms with van der Waals surface area (Å²) in [5, 5.41) is 12.0. The third kappa shape index (κ3) is 3.48. The number of nitrogens with two attached hydrogens (primary N) is 1. The highest BCUT2D eigenvalue weighted by atomic mass is 35.5. The van der Waals surface area contributed by atoms with Crippen LogP contribution < -0.4 is 5.73 Å². The molecule has 1 saturated heterocycles. The van der Waals surface area contributed by atoms with Crippen molar-refractivity contribution < 1.29 is 5.11 Å². The molecule has 0 radical (unpaired) electrons. The lowest BCUT2D eigenvalue weighted by atomic mass is 9.66. The molecule has 0 aromatic heterocycles. The lowest BCUT2D eigenvalue weighted by Gasteiger charge is -2.51. The van der Waals surface area contributed by atoms with Gasteiger partial charge in [-0.3, -0.25) is 0 Å². The number of rotatable bonds is 4. The summed E-state index contributed by atoms with van der Waals surface area (Å²) in [6.45, 7) is 11.2. The van der Waals surface area contributed by atoms with E-state index in [1.54, 1.807) is 0 Å². The van der Waals surface area contributed by atoms with Crippen molar-refractivity contribution in [1.82, 2.24) is 4.90 Å². The first kappa shape index (κ1) is 17.7. The summed E-state index contributed by atoms with van der Waals surface area (Å²) in [6.07, 6.45) is 0.715. The van der Waals surface area contributed by atoms with Gasteiger partial charge in [0.25, 0.3) is 0 Å². The Morgan fingerprint density at radius 2 is 1.86 bits per heavy atom. The van der Waals surface area contributed by atoms with Crippen LogP contribution in [0.2, 0.25) is 5.02 Å². The summed E-state index contributed by atoms with van der Waals surface area (Å²) in [7, 11) is 0. The molecule has 0 aliphatic carbocycles. The molecule has 1 aliphatic rings. The molecule has 1 aliphatic heterocycles. The Hall–Kier alpha value is -0.610. The van der Waals surface area contributed by atoms with Gasteiger partial charge in [0.2, 0.25) is 0 Å². The predicted octanol–water partition coefficient (Wildman–Crippen LogP) is 3.24. The van der Waals surface area contributed by atoms with Gasteiger partial charge in [-0.05, 0) is 30.0 Å². The number of aliphatic hydroxyl groups is 1. The molecule has 0 unspecified atom stereocenters. The fourth-order valence-corrected chi connectivity index (χ4v) is 3.48. The van der Waals surface area contributed by atoms with Crippen LogP contribution in [0.1, 0.15) is 39.7 Å². The summed E-state index contributed by atoms with van der Waals surface area (Å²) < 4.78 is 0. The van der Waals surface area contributed by atoms with Crippen molar-refractivity contribution in [3.63, 3.8) is 0 Å². The van der Waals surface area contributed by atoms with Gasteiger partial charge in [0.15, 0.2) is 0 Å². The molecule has 1 aromatic rings. The number of hydrogen-bond acceptors (Lipinski definition) is 3. The molecule has 0 saturated carbocycles. The molecule has 0 spiro atoms. The van der Waals surface area contributed by atoms with E-state index in [0.717, 1.165) is 25.2 Å². The summed E-state index contributed by atoms with van der Waals surface area (Å²) in [6, 6.07) is 7.77. The van der Waals surface area contributed by atoms with E-state index in [9.17, 15) is 5.11 Å². The average molecular weight is 325 g/mol. The second-order valence-corrected chi connectivity index (χ2v) is 8.08. The van der Waals surface area contributed by atoms with Crippen LogP contribution in [0.4, 0.5) is 0 Å². The maximum Gasteiger partial charge on any atom is 0.0971 e. The first-order valence-corrected chi connectivity index (χ1v) is 8.50. The Kier molecular flexibility index (Phi) is 5.23. The highest BCUT2D eigenvalue weighted by Crippen LogP contribution is 2.46. The fraction of sp³-hybridized carbons (Fsp3) is 0.667. The molecular formula is C18H29ClN2O. The molecule has 124 valence electrons. The molecule has 1 heterocycles. The Morgan fingerprint density at radius 1 is 1.27 bits per heavy atom. The lowest BCUT2D eigenvalue weighted by Crippen LogP contribution is -2.57. The number of nitrogens with zero attached hydrogens (tertiary/aromatic N) is 1. The van der Waals surface area contributed by atoms with Crippen LogP contribution in [0, 0.1) is 11.3 Å². The van der Waals surface area contributed by atoms with Gasteiger partial charge in [-0.15, -0.1) is 0 Å². The fourth-order valence-electron chi connectivity index (χ4n) is 3.35. The number of halogens is 1. The smallest absolute Gasteiger partial charge is 0.0971 e. The molecule has 1 fully saturated rings. The van der Waals surface area contributed by atoms with Gasteiger partial charge in [0.1, 0.15) is 0 Å². The van der Waals surface area contributed by atoms with Gasteiger partial charge in [0.05, 0.1) is 5.60 Å². The topological polar surface area (TPSA) is 49.5 Å². The number of hydrogen-bond donors (Lipinski definition) is 2. The van der Waals surface area contributed by atoms with Crippen molar-refractivity contribution in [2.45, 2.75) is 45.8 Å². The summed E-state index contributed by atoms with van der Waals surface area (Å²) in [4.78, 5) is 2.38. The molecule has 1 aromatic carbocycles. The summed E-state index contributed by atoms with van der Waals surface area (Å²) >= 11 is 5.97. The van der Waals surface area contributed by atoms with Gasteiger partial charge in [0, 0.05) is 36.1 Å². The maximum absolute atomic E-state index is 11.3. The molecule has 3 N–H and O–H groups in total. The van der Waals surface area contributed by atoms with E-state index in [1.165, 1.54) is 0 Å². The third-order valence-electron chi connectivity index (χ3n) is 5.18. The van der Waals surface area contributed by atoms with E-state index in [0.29, 0.717) is 17.4 Å². The Labute approximate surface area is 139 Å². The van der Waals surface area contributed by atoms with E-state index in [1.807, 2.05) is 24.3 Å².